The minimum atomic E-state index is 0.520. The van der Waals surface area contributed by atoms with Crippen LogP contribution in [0.2, 0.25) is 0 Å². The Kier molecular flexibility index (Phi) is 8.83. The van der Waals surface area contributed by atoms with Crippen LogP contribution in [0.5, 0.6) is 17.2 Å². The summed E-state index contributed by atoms with van der Waals surface area (Å²) in [6.07, 6.45) is 0. The third kappa shape index (κ3) is 6.18. The first-order chi connectivity index (χ1) is 11.5. The van der Waals surface area contributed by atoms with Crippen molar-refractivity contribution in [1.29, 1.82) is 0 Å². The highest BCUT2D eigenvalue weighted by Gasteiger charge is 2.13. The van der Waals surface area contributed by atoms with Crippen LogP contribution < -0.4 is 24.8 Å². The van der Waals surface area contributed by atoms with E-state index in [1.54, 1.807) is 14.2 Å². The number of rotatable bonds is 9. The minimum Gasteiger partial charge on any atom is -0.493 e. The van der Waals surface area contributed by atoms with Gasteiger partial charge in [-0.25, -0.2) is 4.99 Å². The average molecular weight is 337 g/mol. The van der Waals surface area contributed by atoms with Crippen molar-refractivity contribution in [1.82, 2.24) is 10.6 Å². The topological polar surface area (TPSA) is 64.1 Å². The van der Waals surface area contributed by atoms with Gasteiger partial charge in [0.1, 0.15) is 0 Å². The summed E-state index contributed by atoms with van der Waals surface area (Å²) in [5, 5.41) is 6.58. The zero-order valence-corrected chi connectivity index (χ0v) is 15.7. The van der Waals surface area contributed by atoms with Crippen molar-refractivity contribution in [2.24, 2.45) is 10.9 Å². The SMILES string of the molecule is CCNC(=NCc1cc(OC)c(OCC)c(OC)c1)NCC(C)C. The van der Waals surface area contributed by atoms with E-state index >= 15 is 0 Å². The number of nitrogens with one attached hydrogen (secondary N) is 2. The molecule has 0 spiro atoms. The van der Waals surface area contributed by atoms with Gasteiger partial charge in [0.25, 0.3) is 0 Å². The number of hydrogen-bond acceptors (Lipinski definition) is 4. The van der Waals surface area contributed by atoms with Crippen LogP contribution >= 0.6 is 0 Å². The average Bonchev–Trinajstić information content (AvgIpc) is 2.57. The lowest BCUT2D eigenvalue weighted by Crippen LogP contribution is -2.39. The maximum atomic E-state index is 5.62. The fourth-order valence-corrected chi connectivity index (χ4v) is 2.12. The zero-order valence-electron chi connectivity index (χ0n) is 15.7. The van der Waals surface area contributed by atoms with Crippen LogP contribution in [0.25, 0.3) is 0 Å². The highest BCUT2D eigenvalue weighted by molar-refractivity contribution is 5.79. The molecule has 0 aliphatic heterocycles. The second kappa shape index (κ2) is 10.6. The zero-order chi connectivity index (χ0) is 17.9. The number of hydrogen-bond donors (Lipinski definition) is 2. The number of aliphatic imine (C=N–C) groups is 1. The van der Waals surface area contributed by atoms with E-state index in [0.29, 0.717) is 36.3 Å². The van der Waals surface area contributed by atoms with Crippen LogP contribution in [-0.4, -0.2) is 39.9 Å². The maximum Gasteiger partial charge on any atom is 0.203 e. The molecule has 0 radical (unpaired) electrons. The van der Waals surface area contributed by atoms with Crippen molar-refractivity contribution in [2.75, 3.05) is 33.9 Å². The molecule has 0 bridgehead atoms. The first kappa shape index (κ1) is 19.9. The molecule has 0 aliphatic carbocycles. The van der Waals surface area contributed by atoms with Gasteiger partial charge in [0.2, 0.25) is 5.75 Å². The Bertz CT molecular complexity index is 505. The molecule has 0 unspecified atom stereocenters. The van der Waals surface area contributed by atoms with Gasteiger partial charge in [0.05, 0.1) is 27.4 Å². The molecule has 24 heavy (non-hydrogen) atoms. The van der Waals surface area contributed by atoms with E-state index in [9.17, 15) is 0 Å². The molecule has 2 N–H and O–H groups in total. The summed E-state index contributed by atoms with van der Waals surface area (Å²) in [5.74, 6) is 3.29. The molecule has 6 nitrogen and oxygen atoms in total. The van der Waals surface area contributed by atoms with Gasteiger partial charge < -0.3 is 24.8 Å². The van der Waals surface area contributed by atoms with Crippen molar-refractivity contribution >= 4 is 5.96 Å². The molecule has 0 heterocycles. The van der Waals surface area contributed by atoms with Crippen LogP contribution in [0, 0.1) is 5.92 Å². The predicted molar refractivity (Wildman–Crippen MR) is 98.4 cm³/mol. The summed E-state index contributed by atoms with van der Waals surface area (Å²) in [4.78, 5) is 4.62. The molecular weight excluding hydrogens is 306 g/mol. The Morgan fingerprint density at radius 2 is 1.71 bits per heavy atom. The molecule has 0 saturated carbocycles. The molecule has 136 valence electrons. The first-order valence-corrected chi connectivity index (χ1v) is 8.45. The molecule has 0 saturated heterocycles. The van der Waals surface area contributed by atoms with E-state index in [1.165, 1.54) is 0 Å². The first-order valence-electron chi connectivity index (χ1n) is 8.45. The lowest BCUT2D eigenvalue weighted by Gasteiger charge is -2.16. The molecule has 0 fully saturated rings. The summed E-state index contributed by atoms with van der Waals surface area (Å²) < 4.78 is 16.5. The van der Waals surface area contributed by atoms with E-state index in [-0.39, 0.29) is 0 Å². The molecule has 1 rings (SSSR count). The van der Waals surface area contributed by atoms with E-state index < -0.39 is 0 Å². The van der Waals surface area contributed by atoms with E-state index in [0.717, 1.165) is 24.6 Å². The summed E-state index contributed by atoms with van der Waals surface area (Å²) >= 11 is 0. The van der Waals surface area contributed by atoms with Crippen molar-refractivity contribution in [2.45, 2.75) is 34.2 Å². The van der Waals surface area contributed by atoms with Gasteiger partial charge in [-0.15, -0.1) is 0 Å². The molecule has 6 heteroatoms. The Balaban J connectivity index is 2.97. The van der Waals surface area contributed by atoms with Gasteiger partial charge in [-0.1, -0.05) is 13.8 Å². The van der Waals surface area contributed by atoms with Gasteiger partial charge in [-0.2, -0.15) is 0 Å². The Hall–Kier alpha value is -2.11. The van der Waals surface area contributed by atoms with Gasteiger partial charge in [-0.3, -0.25) is 0 Å². The summed E-state index contributed by atoms with van der Waals surface area (Å²) in [7, 11) is 3.25. The molecule has 1 aromatic carbocycles. The summed E-state index contributed by atoms with van der Waals surface area (Å²) in [6, 6.07) is 3.87. The summed E-state index contributed by atoms with van der Waals surface area (Å²) in [6.45, 7) is 11.1. The number of benzene rings is 1. The van der Waals surface area contributed by atoms with Gasteiger partial charge in [0.15, 0.2) is 17.5 Å². The summed E-state index contributed by atoms with van der Waals surface area (Å²) in [5.41, 5.74) is 0.994. The second-order valence-electron chi connectivity index (χ2n) is 5.73. The minimum absolute atomic E-state index is 0.520. The van der Waals surface area contributed by atoms with E-state index in [1.807, 2.05) is 19.1 Å². The van der Waals surface area contributed by atoms with E-state index in [4.69, 9.17) is 14.2 Å². The molecule has 0 aromatic heterocycles. The van der Waals surface area contributed by atoms with Crippen molar-refractivity contribution in [3.63, 3.8) is 0 Å². The maximum absolute atomic E-state index is 5.62. The number of guanidine groups is 1. The Morgan fingerprint density at radius 1 is 1.08 bits per heavy atom. The molecule has 0 amide bonds. The lowest BCUT2D eigenvalue weighted by molar-refractivity contribution is 0.288. The van der Waals surface area contributed by atoms with Crippen LogP contribution in [-0.2, 0) is 6.54 Å². The largest absolute Gasteiger partial charge is 0.493 e. The van der Waals surface area contributed by atoms with Crippen molar-refractivity contribution in [3.8, 4) is 17.2 Å². The van der Waals surface area contributed by atoms with Crippen molar-refractivity contribution in [3.05, 3.63) is 17.7 Å². The quantitative estimate of drug-likeness (QED) is 0.536. The van der Waals surface area contributed by atoms with Gasteiger partial charge in [-0.05, 0) is 37.5 Å². The Morgan fingerprint density at radius 3 is 2.17 bits per heavy atom. The normalized spacial score (nSPS) is 11.4. The third-order valence-electron chi connectivity index (χ3n) is 3.25. The number of methoxy groups -OCH3 is 2. The third-order valence-corrected chi connectivity index (χ3v) is 3.25. The monoisotopic (exact) mass is 337 g/mol. The van der Waals surface area contributed by atoms with Crippen LogP contribution in [0.3, 0.4) is 0 Å². The molecule has 0 aliphatic rings. The van der Waals surface area contributed by atoms with Crippen LogP contribution in [0.1, 0.15) is 33.3 Å². The smallest absolute Gasteiger partial charge is 0.203 e. The van der Waals surface area contributed by atoms with Gasteiger partial charge >= 0.3 is 0 Å². The Labute approximate surface area is 145 Å². The van der Waals surface area contributed by atoms with Crippen molar-refractivity contribution < 1.29 is 14.2 Å². The lowest BCUT2D eigenvalue weighted by atomic mass is 10.2. The molecule has 1 aromatic rings. The van der Waals surface area contributed by atoms with Crippen LogP contribution in [0.4, 0.5) is 0 Å². The fraction of sp³-hybridized carbons (Fsp3) is 0.611. The highest BCUT2D eigenvalue weighted by Crippen LogP contribution is 2.38. The molecular formula is C18H31N3O3. The van der Waals surface area contributed by atoms with Crippen LogP contribution in [0.15, 0.2) is 17.1 Å². The number of nitrogens with zero attached hydrogens (tertiary/aromatic N) is 1. The predicted octanol–water partition coefficient (Wildman–Crippen LogP) is 2.81. The highest BCUT2D eigenvalue weighted by atomic mass is 16.5. The fourth-order valence-electron chi connectivity index (χ4n) is 2.12. The second-order valence-corrected chi connectivity index (χ2v) is 5.73. The van der Waals surface area contributed by atoms with Gasteiger partial charge in [0, 0.05) is 13.1 Å². The standard InChI is InChI=1S/C18H31N3O3/c1-7-19-18(20-11-13(3)4)21-12-14-9-15(22-5)17(24-8-2)16(10-14)23-6/h9-10,13H,7-8,11-12H2,1-6H3,(H2,19,20,21). The van der Waals surface area contributed by atoms with E-state index in [2.05, 4.69) is 36.4 Å². The number of ether oxygens (including phenoxy) is 3. The molecule has 0 atom stereocenters.